The van der Waals surface area contributed by atoms with Crippen molar-refractivity contribution in [3.8, 4) is 0 Å². The molecule has 0 aliphatic carbocycles. The second kappa shape index (κ2) is 11.0. The Morgan fingerprint density at radius 2 is 1.80 bits per heavy atom. The second-order valence-corrected chi connectivity index (χ2v) is 5.60. The number of hydrogen-bond acceptors (Lipinski definition) is 2. The maximum absolute atomic E-state index is 13.7. The van der Waals surface area contributed by atoms with Crippen LogP contribution in [-0.4, -0.2) is 24.2 Å². The number of aryl methyl sites for hydroxylation is 1. The van der Waals surface area contributed by atoms with Crippen LogP contribution in [0.15, 0.2) is 53.5 Å². The van der Waals surface area contributed by atoms with Gasteiger partial charge in [-0.1, -0.05) is 48.0 Å². The third-order valence-electron chi connectivity index (χ3n) is 3.61. The van der Waals surface area contributed by atoms with E-state index in [4.69, 9.17) is 0 Å². The molecular weight excluding hydrogens is 432 g/mol. The molecule has 0 aliphatic rings. The van der Waals surface area contributed by atoms with Crippen LogP contribution in [0.5, 0.6) is 0 Å². The molecule has 2 aromatic carbocycles. The van der Waals surface area contributed by atoms with E-state index in [1.807, 2.05) is 38.1 Å². The highest BCUT2D eigenvalue weighted by molar-refractivity contribution is 14.0. The van der Waals surface area contributed by atoms with Gasteiger partial charge in [0.15, 0.2) is 5.96 Å². The lowest BCUT2D eigenvalue weighted by Crippen LogP contribution is -2.39. The quantitative estimate of drug-likeness (QED) is 0.354. The van der Waals surface area contributed by atoms with Crippen LogP contribution in [0.3, 0.4) is 0 Å². The van der Waals surface area contributed by atoms with Gasteiger partial charge >= 0.3 is 0 Å². The molecule has 0 spiro atoms. The minimum atomic E-state index is -0.936. The van der Waals surface area contributed by atoms with Gasteiger partial charge in [0.05, 0.1) is 12.6 Å². The van der Waals surface area contributed by atoms with E-state index in [1.54, 1.807) is 18.2 Å². The summed E-state index contributed by atoms with van der Waals surface area (Å²) in [5.41, 5.74) is 2.59. The molecule has 2 rings (SSSR count). The van der Waals surface area contributed by atoms with Crippen molar-refractivity contribution in [1.82, 2.24) is 10.6 Å². The van der Waals surface area contributed by atoms with Gasteiger partial charge in [-0.2, -0.15) is 0 Å². The lowest BCUT2D eigenvalue weighted by Gasteiger charge is -2.16. The fraction of sp³-hybridized carbons (Fsp3) is 0.316. The van der Waals surface area contributed by atoms with E-state index < -0.39 is 11.9 Å². The van der Waals surface area contributed by atoms with Crippen LogP contribution in [-0.2, 0) is 6.54 Å². The molecule has 0 saturated carbocycles. The van der Waals surface area contributed by atoms with Crippen LogP contribution in [0.4, 0.5) is 4.39 Å². The highest BCUT2D eigenvalue weighted by Gasteiger charge is 2.12. The summed E-state index contributed by atoms with van der Waals surface area (Å²) >= 11 is 0. The highest BCUT2D eigenvalue weighted by atomic mass is 127. The molecular formula is C19H25FIN3O. The van der Waals surface area contributed by atoms with E-state index >= 15 is 0 Å². The van der Waals surface area contributed by atoms with E-state index in [9.17, 15) is 9.50 Å². The minimum absolute atomic E-state index is 0. The maximum atomic E-state index is 13.7. The fourth-order valence-electron chi connectivity index (χ4n) is 2.25. The van der Waals surface area contributed by atoms with Crippen molar-refractivity contribution < 1.29 is 9.50 Å². The molecule has 6 heteroatoms. The fourth-order valence-corrected chi connectivity index (χ4v) is 2.25. The number of rotatable bonds is 6. The molecule has 0 radical (unpaired) electrons. The number of halogens is 2. The summed E-state index contributed by atoms with van der Waals surface area (Å²) in [5.74, 6) is 0.182. The number of benzene rings is 2. The molecule has 2 aromatic rings. The van der Waals surface area contributed by atoms with Gasteiger partial charge in [-0.15, -0.1) is 24.0 Å². The number of nitrogens with one attached hydrogen (secondary N) is 2. The van der Waals surface area contributed by atoms with Crippen molar-refractivity contribution in [2.45, 2.75) is 26.5 Å². The van der Waals surface area contributed by atoms with E-state index in [1.165, 1.54) is 11.6 Å². The third kappa shape index (κ3) is 6.99. The zero-order valence-electron chi connectivity index (χ0n) is 14.5. The Bertz CT molecular complexity index is 677. The molecule has 25 heavy (non-hydrogen) atoms. The first kappa shape index (κ1) is 21.4. The first-order valence-corrected chi connectivity index (χ1v) is 8.10. The standard InChI is InChI=1S/C19H24FN3O.HI/c1-3-21-19(22-12-15-10-8-14(2)9-11-15)23-13-18(24)16-6-4-5-7-17(16)20;/h4-11,18,24H,3,12-13H2,1-2H3,(H2,21,22,23);1H. The van der Waals surface area contributed by atoms with Crippen molar-refractivity contribution in [1.29, 1.82) is 0 Å². The normalized spacial score (nSPS) is 12.2. The predicted molar refractivity (Wildman–Crippen MR) is 111 cm³/mol. The van der Waals surface area contributed by atoms with Crippen LogP contribution in [0, 0.1) is 12.7 Å². The molecule has 1 unspecified atom stereocenters. The van der Waals surface area contributed by atoms with E-state index in [-0.39, 0.29) is 36.1 Å². The maximum Gasteiger partial charge on any atom is 0.191 e. The van der Waals surface area contributed by atoms with Gasteiger partial charge in [-0.3, -0.25) is 0 Å². The van der Waals surface area contributed by atoms with Crippen molar-refractivity contribution >= 4 is 29.9 Å². The minimum Gasteiger partial charge on any atom is -0.386 e. The molecule has 3 N–H and O–H groups in total. The predicted octanol–water partition coefficient (Wildman–Crippen LogP) is 3.54. The average Bonchev–Trinajstić information content (AvgIpc) is 2.59. The first-order chi connectivity index (χ1) is 11.6. The topological polar surface area (TPSA) is 56.7 Å². The summed E-state index contributed by atoms with van der Waals surface area (Å²) in [6.07, 6.45) is -0.936. The Morgan fingerprint density at radius 3 is 2.44 bits per heavy atom. The molecule has 1 atom stereocenters. The molecule has 0 fully saturated rings. The summed E-state index contributed by atoms with van der Waals surface area (Å²) in [4.78, 5) is 4.49. The van der Waals surface area contributed by atoms with Crippen LogP contribution >= 0.6 is 24.0 Å². The van der Waals surface area contributed by atoms with Crippen molar-refractivity contribution in [3.63, 3.8) is 0 Å². The summed E-state index contributed by atoms with van der Waals surface area (Å²) in [6.45, 7) is 5.43. The molecule has 0 bridgehead atoms. The zero-order valence-corrected chi connectivity index (χ0v) is 16.8. The largest absolute Gasteiger partial charge is 0.386 e. The number of nitrogens with zero attached hydrogens (tertiary/aromatic N) is 1. The van der Waals surface area contributed by atoms with Crippen LogP contribution in [0.2, 0.25) is 0 Å². The van der Waals surface area contributed by atoms with Gasteiger partial charge in [0.25, 0.3) is 0 Å². The number of aliphatic hydroxyl groups is 1. The molecule has 4 nitrogen and oxygen atoms in total. The highest BCUT2D eigenvalue weighted by Crippen LogP contribution is 2.15. The first-order valence-electron chi connectivity index (χ1n) is 8.10. The molecule has 136 valence electrons. The number of aliphatic hydroxyl groups excluding tert-OH is 1. The summed E-state index contributed by atoms with van der Waals surface area (Å²) in [7, 11) is 0. The van der Waals surface area contributed by atoms with E-state index in [0.717, 1.165) is 5.56 Å². The Morgan fingerprint density at radius 1 is 1.12 bits per heavy atom. The lowest BCUT2D eigenvalue weighted by atomic mass is 10.1. The molecule has 0 aromatic heterocycles. The van der Waals surface area contributed by atoms with Gasteiger partial charge in [-0.25, -0.2) is 9.38 Å². The second-order valence-electron chi connectivity index (χ2n) is 5.60. The zero-order chi connectivity index (χ0) is 17.4. The van der Waals surface area contributed by atoms with Crippen molar-refractivity contribution in [2.75, 3.05) is 13.1 Å². The summed E-state index contributed by atoms with van der Waals surface area (Å²) < 4.78 is 13.7. The van der Waals surface area contributed by atoms with Gasteiger partial charge in [0.1, 0.15) is 5.82 Å². The Labute approximate surface area is 165 Å². The van der Waals surface area contributed by atoms with Gasteiger partial charge < -0.3 is 15.7 Å². The molecule has 0 saturated heterocycles. The number of hydrogen-bond donors (Lipinski definition) is 3. The number of aliphatic imine (C=N–C) groups is 1. The Hall–Kier alpha value is -1.67. The summed E-state index contributed by atoms with van der Waals surface area (Å²) in [5, 5.41) is 16.3. The Balaban J connectivity index is 0.00000312. The van der Waals surface area contributed by atoms with Gasteiger partial charge in [-0.05, 0) is 25.5 Å². The van der Waals surface area contributed by atoms with Crippen molar-refractivity contribution in [2.24, 2.45) is 4.99 Å². The van der Waals surface area contributed by atoms with E-state index in [0.29, 0.717) is 19.0 Å². The van der Waals surface area contributed by atoms with Gasteiger partial charge in [0.2, 0.25) is 0 Å². The third-order valence-corrected chi connectivity index (χ3v) is 3.61. The van der Waals surface area contributed by atoms with Crippen LogP contribution in [0.1, 0.15) is 29.7 Å². The smallest absolute Gasteiger partial charge is 0.191 e. The van der Waals surface area contributed by atoms with Crippen molar-refractivity contribution in [3.05, 3.63) is 71.0 Å². The average molecular weight is 457 g/mol. The lowest BCUT2D eigenvalue weighted by molar-refractivity contribution is 0.176. The van der Waals surface area contributed by atoms with E-state index in [2.05, 4.69) is 15.6 Å². The SMILES string of the molecule is CCNC(=NCc1ccc(C)cc1)NCC(O)c1ccccc1F.I. The molecule has 0 amide bonds. The summed E-state index contributed by atoms with van der Waals surface area (Å²) in [6, 6.07) is 14.4. The Kier molecular flexibility index (Phi) is 9.44. The molecule has 0 heterocycles. The monoisotopic (exact) mass is 457 g/mol. The van der Waals surface area contributed by atoms with Gasteiger partial charge in [0, 0.05) is 18.7 Å². The van der Waals surface area contributed by atoms with Crippen LogP contribution < -0.4 is 10.6 Å². The van der Waals surface area contributed by atoms with Crippen LogP contribution in [0.25, 0.3) is 0 Å². The number of guanidine groups is 1. The molecule has 0 aliphatic heterocycles.